The van der Waals surface area contributed by atoms with Crippen LogP contribution in [0, 0.1) is 0 Å². The number of aromatic nitrogens is 3. The minimum atomic E-state index is -3.66. The van der Waals surface area contributed by atoms with Gasteiger partial charge in [-0.15, -0.1) is 17.5 Å². The van der Waals surface area contributed by atoms with Crippen LogP contribution in [0.4, 0.5) is 0 Å². The van der Waals surface area contributed by atoms with Crippen molar-refractivity contribution in [3.8, 4) is 0 Å². The number of benzene rings is 1. The van der Waals surface area contributed by atoms with E-state index in [1.807, 2.05) is 30.3 Å². The van der Waals surface area contributed by atoms with Gasteiger partial charge in [0.15, 0.2) is 5.03 Å². The van der Waals surface area contributed by atoms with Crippen LogP contribution in [0.2, 0.25) is 0 Å². The largest absolute Gasteiger partial charge is 0.329 e. The number of aryl methyl sites for hydroxylation is 1. The summed E-state index contributed by atoms with van der Waals surface area (Å²) in [6.07, 6.45) is 1.24. The molecule has 0 atom stereocenters. The van der Waals surface area contributed by atoms with Gasteiger partial charge in [-0.1, -0.05) is 35.5 Å². The third-order valence-electron chi connectivity index (χ3n) is 2.86. The highest BCUT2D eigenvalue weighted by Crippen LogP contribution is 2.16. The van der Waals surface area contributed by atoms with Crippen molar-refractivity contribution in [2.75, 3.05) is 13.1 Å². The molecule has 0 saturated carbocycles. The van der Waals surface area contributed by atoms with Crippen molar-refractivity contribution in [3.05, 3.63) is 42.1 Å². The van der Waals surface area contributed by atoms with Gasteiger partial charge in [-0.05, 0) is 5.56 Å². The molecule has 1 aromatic heterocycles. The molecular formula is C12H18ClN5O2S. The van der Waals surface area contributed by atoms with Gasteiger partial charge < -0.3 is 5.73 Å². The number of sulfonamides is 1. The second-order valence-electron chi connectivity index (χ2n) is 4.31. The number of nitrogens with two attached hydrogens (primary N) is 1. The SMILES string of the molecule is Cl.Cn1nncc1S(=O)(=O)N(CCN)Cc1ccccc1. The van der Waals surface area contributed by atoms with Gasteiger partial charge in [-0.25, -0.2) is 13.1 Å². The predicted octanol–water partition coefficient (Wildman–Crippen LogP) is 0.386. The van der Waals surface area contributed by atoms with Gasteiger partial charge in [0.2, 0.25) is 0 Å². The van der Waals surface area contributed by atoms with Crippen LogP contribution in [0.1, 0.15) is 5.56 Å². The van der Waals surface area contributed by atoms with Gasteiger partial charge in [0, 0.05) is 26.7 Å². The van der Waals surface area contributed by atoms with E-state index in [1.165, 1.54) is 15.2 Å². The topological polar surface area (TPSA) is 94.1 Å². The zero-order valence-electron chi connectivity index (χ0n) is 11.6. The summed E-state index contributed by atoms with van der Waals surface area (Å²) >= 11 is 0. The Kier molecular flexibility index (Phi) is 6.28. The number of hydrogen-bond acceptors (Lipinski definition) is 5. The molecule has 0 fully saturated rings. The summed E-state index contributed by atoms with van der Waals surface area (Å²) in [6, 6.07) is 9.37. The monoisotopic (exact) mass is 331 g/mol. The molecule has 2 rings (SSSR count). The first-order valence-electron chi connectivity index (χ1n) is 6.14. The fraction of sp³-hybridized carbons (Fsp3) is 0.333. The summed E-state index contributed by atoms with van der Waals surface area (Å²) in [5.41, 5.74) is 6.43. The molecule has 116 valence electrons. The maximum absolute atomic E-state index is 12.6. The van der Waals surface area contributed by atoms with Crippen LogP contribution in [0.15, 0.2) is 41.6 Å². The number of nitrogens with zero attached hydrogens (tertiary/aromatic N) is 4. The zero-order chi connectivity index (χ0) is 14.6. The number of rotatable bonds is 6. The smallest absolute Gasteiger partial charge is 0.262 e. The van der Waals surface area contributed by atoms with E-state index >= 15 is 0 Å². The van der Waals surface area contributed by atoms with Gasteiger partial charge in [0.25, 0.3) is 10.0 Å². The van der Waals surface area contributed by atoms with Crippen molar-refractivity contribution in [2.45, 2.75) is 11.6 Å². The third kappa shape index (κ3) is 4.01. The van der Waals surface area contributed by atoms with Crippen LogP contribution in [0.3, 0.4) is 0 Å². The molecule has 0 aliphatic heterocycles. The van der Waals surface area contributed by atoms with Gasteiger partial charge in [-0.3, -0.25) is 0 Å². The first-order chi connectivity index (χ1) is 9.55. The van der Waals surface area contributed by atoms with Crippen molar-refractivity contribution in [1.29, 1.82) is 0 Å². The summed E-state index contributed by atoms with van der Waals surface area (Å²) in [5.74, 6) is 0. The molecule has 0 saturated heterocycles. The molecule has 21 heavy (non-hydrogen) atoms. The van der Waals surface area contributed by atoms with Crippen LogP contribution in [0.25, 0.3) is 0 Å². The third-order valence-corrected chi connectivity index (χ3v) is 4.75. The average Bonchev–Trinajstić information content (AvgIpc) is 2.86. The second-order valence-corrected chi connectivity index (χ2v) is 6.19. The molecule has 0 aliphatic carbocycles. The van der Waals surface area contributed by atoms with Crippen molar-refractivity contribution in [2.24, 2.45) is 12.8 Å². The molecule has 0 bridgehead atoms. The summed E-state index contributed by atoms with van der Waals surface area (Å²) in [6.45, 7) is 0.755. The fourth-order valence-corrected chi connectivity index (χ4v) is 3.34. The molecular weight excluding hydrogens is 314 g/mol. The van der Waals surface area contributed by atoms with E-state index in [2.05, 4.69) is 10.3 Å². The Bertz CT molecular complexity index is 659. The van der Waals surface area contributed by atoms with Crippen LogP contribution in [-0.4, -0.2) is 40.8 Å². The van der Waals surface area contributed by atoms with E-state index in [-0.39, 0.29) is 37.1 Å². The molecule has 2 aromatic rings. The normalized spacial score (nSPS) is 11.4. The average molecular weight is 332 g/mol. The Labute approximate surface area is 130 Å². The highest BCUT2D eigenvalue weighted by Gasteiger charge is 2.27. The molecule has 7 nitrogen and oxygen atoms in total. The maximum atomic E-state index is 12.6. The summed E-state index contributed by atoms with van der Waals surface area (Å²) in [7, 11) is -2.11. The molecule has 0 amide bonds. The van der Waals surface area contributed by atoms with Gasteiger partial charge in [0.1, 0.15) is 0 Å². The summed E-state index contributed by atoms with van der Waals surface area (Å²) in [5, 5.41) is 7.33. The minimum Gasteiger partial charge on any atom is -0.329 e. The zero-order valence-corrected chi connectivity index (χ0v) is 13.2. The lowest BCUT2D eigenvalue weighted by atomic mass is 10.2. The molecule has 9 heteroatoms. The molecule has 1 aromatic carbocycles. The highest BCUT2D eigenvalue weighted by molar-refractivity contribution is 7.89. The fourth-order valence-electron chi connectivity index (χ4n) is 1.86. The minimum absolute atomic E-state index is 0. The predicted molar refractivity (Wildman–Crippen MR) is 81.3 cm³/mol. The quantitative estimate of drug-likeness (QED) is 0.826. The highest BCUT2D eigenvalue weighted by atomic mass is 35.5. The van der Waals surface area contributed by atoms with Crippen LogP contribution < -0.4 is 5.73 Å². The molecule has 0 spiro atoms. The first-order valence-corrected chi connectivity index (χ1v) is 7.58. The summed E-state index contributed by atoms with van der Waals surface area (Å²) < 4.78 is 27.7. The van der Waals surface area contributed by atoms with E-state index in [4.69, 9.17) is 5.73 Å². The van der Waals surface area contributed by atoms with E-state index in [0.717, 1.165) is 5.56 Å². The van der Waals surface area contributed by atoms with Crippen molar-refractivity contribution in [3.63, 3.8) is 0 Å². The Morgan fingerprint density at radius 2 is 1.95 bits per heavy atom. The van der Waals surface area contributed by atoms with Crippen LogP contribution in [-0.2, 0) is 23.6 Å². The Morgan fingerprint density at radius 3 is 2.48 bits per heavy atom. The van der Waals surface area contributed by atoms with Gasteiger partial charge in [-0.2, -0.15) is 4.31 Å². The molecule has 0 unspecified atom stereocenters. The maximum Gasteiger partial charge on any atom is 0.262 e. The van der Waals surface area contributed by atoms with E-state index in [1.54, 1.807) is 7.05 Å². The standard InChI is InChI=1S/C12H17N5O2S.ClH/c1-16-12(9-14-15-16)20(18,19)17(8-7-13)10-11-5-3-2-4-6-11;/h2-6,9H,7-8,10,13H2,1H3;1H. The molecule has 0 aliphatic rings. The number of halogens is 1. The second kappa shape index (κ2) is 7.51. The van der Waals surface area contributed by atoms with Crippen molar-refractivity contribution in [1.82, 2.24) is 19.3 Å². The van der Waals surface area contributed by atoms with Crippen LogP contribution in [0.5, 0.6) is 0 Å². The van der Waals surface area contributed by atoms with Gasteiger partial charge >= 0.3 is 0 Å². The molecule has 1 heterocycles. The van der Waals surface area contributed by atoms with E-state index < -0.39 is 10.0 Å². The Balaban J connectivity index is 0.00000220. The molecule has 2 N–H and O–H groups in total. The molecule has 0 radical (unpaired) electrons. The van der Waals surface area contributed by atoms with Gasteiger partial charge in [0.05, 0.1) is 6.20 Å². The van der Waals surface area contributed by atoms with E-state index in [0.29, 0.717) is 0 Å². The lowest BCUT2D eigenvalue weighted by Crippen LogP contribution is -2.35. The Morgan fingerprint density at radius 1 is 1.29 bits per heavy atom. The summed E-state index contributed by atoms with van der Waals surface area (Å²) in [4.78, 5) is 0. The van der Waals surface area contributed by atoms with Crippen molar-refractivity contribution < 1.29 is 8.42 Å². The first kappa shape index (κ1) is 17.6. The van der Waals surface area contributed by atoms with Crippen LogP contribution >= 0.6 is 12.4 Å². The lowest BCUT2D eigenvalue weighted by molar-refractivity contribution is 0.408. The number of hydrogen-bond donors (Lipinski definition) is 1. The Hall–Kier alpha value is -1.48. The van der Waals surface area contributed by atoms with Crippen molar-refractivity contribution >= 4 is 22.4 Å². The van der Waals surface area contributed by atoms with E-state index in [9.17, 15) is 8.42 Å². The lowest BCUT2D eigenvalue weighted by Gasteiger charge is -2.21.